The number of carbonyl (C=O) groups is 1. The molecule has 0 bridgehead atoms. The zero-order valence-corrected chi connectivity index (χ0v) is 20.7. The Balaban J connectivity index is 0.00000341. The number of furan rings is 1. The minimum Gasteiger partial charge on any atom is -0.459 e. The summed E-state index contributed by atoms with van der Waals surface area (Å²) in [6.45, 7) is 6.00. The van der Waals surface area contributed by atoms with Gasteiger partial charge in [0.2, 0.25) is 0 Å². The lowest BCUT2D eigenvalue weighted by Crippen LogP contribution is -2.45. The first-order valence-corrected chi connectivity index (χ1v) is 10.8. The van der Waals surface area contributed by atoms with Gasteiger partial charge in [-0.3, -0.25) is 14.7 Å². The maximum atomic E-state index is 12.1. The van der Waals surface area contributed by atoms with Crippen molar-refractivity contribution in [1.82, 2.24) is 15.5 Å². The summed E-state index contributed by atoms with van der Waals surface area (Å²) < 4.78 is 5.13. The van der Waals surface area contributed by atoms with Crippen molar-refractivity contribution in [2.45, 2.75) is 45.2 Å². The van der Waals surface area contributed by atoms with Gasteiger partial charge in [0.25, 0.3) is 5.91 Å². The number of halogens is 1. The number of carbonyl (C=O) groups excluding carboxylic acids is 1. The van der Waals surface area contributed by atoms with Crippen LogP contribution in [0.25, 0.3) is 0 Å². The number of likely N-dealkylation sites (tertiary alicyclic amines) is 1. The molecule has 8 heteroatoms. The molecule has 1 unspecified atom stereocenters. The Morgan fingerprint density at radius 3 is 2.84 bits per heavy atom. The van der Waals surface area contributed by atoms with E-state index in [0.717, 1.165) is 36.3 Å². The fraction of sp³-hybridized carbons (Fsp3) is 0.478. The Morgan fingerprint density at radius 2 is 2.10 bits per heavy atom. The van der Waals surface area contributed by atoms with E-state index in [2.05, 4.69) is 32.8 Å². The van der Waals surface area contributed by atoms with E-state index >= 15 is 0 Å². The van der Waals surface area contributed by atoms with E-state index in [1.165, 1.54) is 38.5 Å². The summed E-state index contributed by atoms with van der Waals surface area (Å²) in [5.41, 5.74) is 1.78. The van der Waals surface area contributed by atoms with Crippen molar-refractivity contribution in [2.24, 2.45) is 4.99 Å². The lowest BCUT2D eigenvalue weighted by Gasteiger charge is -2.35. The monoisotopic (exact) mass is 539 g/mol. The van der Waals surface area contributed by atoms with Gasteiger partial charge in [-0.2, -0.15) is 0 Å². The highest BCUT2D eigenvalue weighted by Gasteiger charge is 2.19. The maximum absolute atomic E-state index is 12.1. The van der Waals surface area contributed by atoms with Crippen molar-refractivity contribution in [2.75, 3.05) is 32.0 Å². The summed E-state index contributed by atoms with van der Waals surface area (Å²) in [7, 11) is 1.78. The molecular formula is C23H34IN5O2. The van der Waals surface area contributed by atoms with E-state index in [9.17, 15) is 4.79 Å². The molecule has 0 saturated carbocycles. The molecule has 1 aliphatic heterocycles. The molecular weight excluding hydrogens is 505 g/mol. The predicted octanol–water partition coefficient (Wildman–Crippen LogP) is 4.08. The van der Waals surface area contributed by atoms with Crippen LogP contribution in [0, 0.1) is 0 Å². The number of anilines is 1. The Hall–Kier alpha value is -2.07. The van der Waals surface area contributed by atoms with Crippen molar-refractivity contribution < 1.29 is 9.21 Å². The summed E-state index contributed by atoms with van der Waals surface area (Å²) >= 11 is 0. The summed E-state index contributed by atoms with van der Waals surface area (Å²) in [4.78, 5) is 19.1. The number of rotatable bonds is 8. The van der Waals surface area contributed by atoms with Gasteiger partial charge in [0.1, 0.15) is 0 Å². The van der Waals surface area contributed by atoms with Crippen LogP contribution in [0.2, 0.25) is 0 Å². The third kappa shape index (κ3) is 7.84. The average Bonchev–Trinajstić information content (AvgIpc) is 3.32. The summed E-state index contributed by atoms with van der Waals surface area (Å²) in [5.74, 6) is 0.818. The number of amides is 1. The van der Waals surface area contributed by atoms with Crippen molar-refractivity contribution in [1.29, 1.82) is 0 Å². The highest BCUT2D eigenvalue weighted by Crippen LogP contribution is 2.18. The number of piperidine rings is 1. The van der Waals surface area contributed by atoms with Crippen LogP contribution in [0.4, 0.5) is 5.69 Å². The van der Waals surface area contributed by atoms with E-state index < -0.39 is 0 Å². The van der Waals surface area contributed by atoms with Crippen LogP contribution in [-0.4, -0.2) is 49.5 Å². The van der Waals surface area contributed by atoms with Crippen LogP contribution >= 0.6 is 24.0 Å². The van der Waals surface area contributed by atoms with E-state index in [-0.39, 0.29) is 29.9 Å². The van der Waals surface area contributed by atoms with Crippen LogP contribution in [0.15, 0.2) is 52.1 Å². The standard InChI is InChI=1S/C23H33N5O2.HI/c1-3-20-10-4-5-13-28(20)14-12-25-23(24-2)26-17-18-8-6-9-19(16-18)27-22(29)21-11-7-15-30-21;/h6-9,11,15-16,20H,3-5,10,12-14,17H2,1-2H3,(H,27,29)(H2,24,25,26);1H. The van der Waals surface area contributed by atoms with E-state index in [1.54, 1.807) is 19.2 Å². The molecule has 1 atom stereocenters. The molecule has 3 rings (SSSR count). The number of nitrogens with zero attached hydrogens (tertiary/aromatic N) is 2. The molecule has 2 heterocycles. The van der Waals surface area contributed by atoms with Gasteiger partial charge in [0, 0.05) is 38.4 Å². The third-order valence-corrected chi connectivity index (χ3v) is 5.53. The normalized spacial score (nSPS) is 17.0. The second kappa shape index (κ2) is 13.4. The molecule has 0 radical (unpaired) electrons. The Labute approximate surface area is 202 Å². The molecule has 1 amide bonds. The fourth-order valence-corrected chi connectivity index (χ4v) is 3.90. The van der Waals surface area contributed by atoms with Gasteiger partial charge in [-0.1, -0.05) is 25.5 Å². The summed E-state index contributed by atoms with van der Waals surface area (Å²) in [6, 6.07) is 11.8. The van der Waals surface area contributed by atoms with Gasteiger partial charge in [-0.25, -0.2) is 0 Å². The Kier molecular flexibility index (Phi) is 10.9. The topological polar surface area (TPSA) is 81.9 Å². The van der Waals surface area contributed by atoms with E-state index in [0.29, 0.717) is 12.3 Å². The molecule has 1 aromatic carbocycles. The molecule has 7 nitrogen and oxygen atoms in total. The highest BCUT2D eigenvalue weighted by molar-refractivity contribution is 14.0. The van der Waals surface area contributed by atoms with Crippen LogP contribution in [0.1, 0.15) is 48.7 Å². The van der Waals surface area contributed by atoms with Gasteiger partial charge < -0.3 is 20.4 Å². The van der Waals surface area contributed by atoms with Crippen LogP contribution in [-0.2, 0) is 6.54 Å². The quantitative estimate of drug-likeness (QED) is 0.268. The van der Waals surface area contributed by atoms with Crippen LogP contribution < -0.4 is 16.0 Å². The molecule has 31 heavy (non-hydrogen) atoms. The lowest BCUT2D eigenvalue weighted by molar-refractivity contribution is 0.0996. The minimum atomic E-state index is -0.259. The van der Waals surface area contributed by atoms with Crippen molar-refractivity contribution in [3.8, 4) is 0 Å². The van der Waals surface area contributed by atoms with E-state index in [4.69, 9.17) is 4.42 Å². The van der Waals surface area contributed by atoms with Crippen molar-refractivity contribution in [3.05, 3.63) is 54.0 Å². The lowest BCUT2D eigenvalue weighted by atomic mass is 10.0. The number of guanidine groups is 1. The van der Waals surface area contributed by atoms with Gasteiger partial charge >= 0.3 is 0 Å². The second-order valence-electron chi connectivity index (χ2n) is 7.58. The molecule has 1 saturated heterocycles. The first-order valence-electron chi connectivity index (χ1n) is 10.8. The number of nitrogens with one attached hydrogen (secondary N) is 3. The van der Waals surface area contributed by atoms with Crippen molar-refractivity contribution in [3.63, 3.8) is 0 Å². The number of benzene rings is 1. The largest absolute Gasteiger partial charge is 0.459 e. The Morgan fingerprint density at radius 1 is 1.23 bits per heavy atom. The zero-order valence-electron chi connectivity index (χ0n) is 18.4. The van der Waals surface area contributed by atoms with Gasteiger partial charge in [-0.15, -0.1) is 24.0 Å². The molecule has 1 fully saturated rings. The molecule has 2 aromatic rings. The Bertz CT molecular complexity index is 825. The predicted molar refractivity (Wildman–Crippen MR) is 136 cm³/mol. The van der Waals surface area contributed by atoms with Gasteiger partial charge in [0.05, 0.1) is 6.26 Å². The molecule has 3 N–H and O–H groups in total. The van der Waals surface area contributed by atoms with Crippen molar-refractivity contribution >= 4 is 41.5 Å². The second-order valence-corrected chi connectivity index (χ2v) is 7.58. The van der Waals surface area contributed by atoms with Crippen LogP contribution in [0.3, 0.4) is 0 Å². The maximum Gasteiger partial charge on any atom is 0.291 e. The fourth-order valence-electron chi connectivity index (χ4n) is 3.90. The summed E-state index contributed by atoms with van der Waals surface area (Å²) in [6.07, 6.45) is 6.68. The number of aliphatic imine (C=N–C) groups is 1. The highest BCUT2D eigenvalue weighted by atomic mass is 127. The van der Waals surface area contributed by atoms with Gasteiger partial charge in [-0.05, 0) is 55.6 Å². The third-order valence-electron chi connectivity index (χ3n) is 5.53. The molecule has 0 aliphatic carbocycles. The SMILES string of the molecule is CCC1CCCCN1CCNC(=NC)NCc1cccc(NC(=O)c2ccco2)c1.I. The average molecular weight is 539 g/mol. The molecule has 0 spiro atoms. The summed E-state index contributed by atoms with van der Waals surface area (Å²) in [5, 5.41) is 9.61. The number of hydrogen-bond acceptors (Lipinski definition) is 4. The minimum absolute atomic E-state index is 0. The van der Waals surface area contributed by atoms with Crippen LogP contribution in [0.5, 0.6) is 0 Å². The molecule has 1 aliphatic rings. The molecule has 170 valence electrons. The first-order chi connectivity index (χ1) is 14.7. The van der Waals surface area contributed by atoms with E-state index in [1.807, 2.05) is 24.3 Å². The number of hydrogen-bond donors (Lipinski definition) is 3. The zero-order chi connectivity index (χ0) is 21.2. The van der Waals surface area contributed by atoms with Gasteiger partial charge in [0.15, 0.2) is 11.7 Å². The smallest absolute Gasteiger partial charge is 0.291 e. The first kappa shape index (κ1) is 25.2. The molecule has 1 aromatic heterocycles.